The van der Waals surface area contributed by atoms with Crippen LogP contribution in [0.15, 0.2) is 11.6 Å². The Bertz CT molecular complexity index is 248. The molecule has 1 aliphatic carbocycles. The second kappa shape index (κ2) is 5.80. The first kappa shape index (κ1) is 13.7. The van der Waals surface area contributed by atoms with E-state index in [1.807, 2.05) is 0 Å². The summed E-state index contributed by atoms with van der Waals surface area (Å²) < 4.78 is 5.82. The normalized spacial score (nSPS) is 32.2. The fraction of sp³-hybridized carbons (Fsp3) is 0.846. The smallest absolute Gasteiger partial charge is 0.0882 e. The Balaban J connectivity index is 2.87. The van der Waals surface area contributed by atoms with Gasteiger partial charge in [-0.3, -0.25) is 11.3 Å². The van der Waals surface area contributed by atoms with Crippen molar-refractivity contribution in [2.45, 2.75) is 58.1 Å². The van der Waals surface area contributed by atoms with Crippen molar-refractivity contribution in [3.8, 4) is 0 Å². The van der Waals surface area contributed by atoms with Gasteiger partial charge in [0.1, 0.15) is 0 Å². The number of hydrogen-bond acceptors (Lipinski definition) is 3. The third-order valence-electron chi connectivity index (χ3n) is 3.64. The van der Waals surface area contributed by atoms with Gasteiger partial charge in [0.25, 0.3) is 0 Å². The number of rotatable bonds is 4. The SMILES string of the molecule is COC1(C(C=C(C)C)NN)CCCC(C)C1. The first-order valence-electron chi connectivity index (χ1n) is 6.20. The van der Waals surface area contributed by atoms with Crippen LogP contribution in [-0.2, 0) is 4.74 Å². The molecule has 16 heavy (non-hydrogen) atoms. The van der Waals surface area contributed by atoms with E-state index in [0.29, 0.717) is 0 Å². The number of nitrogens with two attached hydrogens (primary N) is 1. The first-order chi connectivity index (χ1) is 7.54. The molecule has 1 aliphatic rings. The molecule has 0 aromatic rings. The zero-order valence-corrected chi connectivity index (χ0v) is 11.0. The van der Waals surface area contributed by atoms with Crippen LogP contribution >= 0.6 is 0 Å². The van der Waals surface area contributed by atoms with Gasteiger partial charge in [-0.1, -0.05) is 31.4 Å². The van der Waals surface area contributed by atoms with E-state index in [1.165, 1.54) is 18.4 Å². The molecule has 1 rings (SSSR count). The summed E-state index contributed by atoms with van der Waals surface area (Å²) in [6.45, 7) is 6.49. The molecular formula is C13H26N2O. The average molecular weight is 226 g/mol. The summed E-state index contributed by atoms with van der Waals surface area (Å²) in [5.74, 6) is 6.40. The highest BCUT2D eigenvalue weighted by molar-refractivity contribution is 5.10. The number of allylic oxidation sites excluding steroid dienone is 1. The van der Waals surface area contributed by atoms with Crippen molar-refractivity contribution in [3.05, 3.63) is 11.6 Å². The Labute approximate surface area is 99.4 Å². The van der Waals surface area contributed by atoms with E-state index in [9.17, 15) is 0 Å². The molecule has 0 amide bonds. The van der Waals surface area contributed by atoms with E-state index >= 15 is 0 Å². The fourth-order valence-corrected chi connectivity index (χ4v) is 2.82. The van der Waals surface area contributed by atoms with Crippen LogP contribution in [0.2, 0.25) is 0 Å². The Morgan fingerprint density at radius 1 is 1.56 bits per heavy atom. The third-order valence-corrected chi connectivity index (χ3v) is 3.64. The molecule has 3 unspecified atom stereocenters. The van der Waals surface area contributed by atoms with Crippen molar-refractivity contribution < 1.29 is 4.74 Å². The Morgan fingerprint density at radius 2 is 2.25 bits per heavy atom. The standard InChI is InChI=1S/C13H26N2O/c1-10(2)8-12(15-14)13(16-4)7-5-6-11(3)9-13/h8,11-12,15H,5-7,9,14H2,1-4H3. The zero-order valence-electron chi connectivity index (χ0n) is 11.0. The third kappa shape index (κ3) is 3.06. The van der Waals surface area contributed by atoms with Crippen LogP contribution in [0.1, 0.15) is 46.5 Å². The summed E-state index contributed by atoms with van der Waals surface area (Å²) in [7, 11) is 1.81. The van der Waals surface area contributed by atoms with Gasteiger partial charge in [-0.05, 0) is 32.6 Å². The van der Waals surface area contributed by atoms with E-state index in [4.69, 9.17) is 10.6 Å². The largest absolute Gasteiger partial charge is 0.376 e. The molecule has 0 spiro atoms. The van der Waals surface area contributed by atoms with Crippen LogP contribution in [0.4, 0.5) is 0 Å². The van der Waals surface area contributed by atoms with Crippen molar-refractivity contribution in [3.63, 3.8) is 0 Å². The molecule has 0 aliphatic heterocycles. The van der Waals surface area contributed by atoms with Gasteiger partial charge in [0.15, 0.2) is 0 Å². The van der Waals surface area contributed by atoms with E-state index in [-0.39, 0.29) is 11.6 Å². The monoisotopic (exact) mass is 226 g/mol. The summed E-state index contributed by atoms with van der Waals surface area (Å²) in [5.41, 5.74) is 4.07. The molecular weight excluding hydrogens is 200 g/mol. The van der Waals surface area contributed by atoms with Gasteiger partial charge >= 0.3 is 0 Å². The minimum Gasteiger partial charge on any atom is -0.376 e. The topological polar surface area (TPSA) is 47.3 Å². The number of hydrogen-bond donors (Lipinski definition) is 2. The summed E-state index contributed by atoms with van der Waals surface area (Å²) in [6.07, 6.45) is 6.89. The minimum atomic E-state index is -0.121. The van der Waals surface area contributed by atoms with Crippen LogP contribution < -0.4 is 11.3 Å². The van der Waals surface area contributed by atoms with Gasteiger partial charge in [-0.15, -0.1) is 0 Å². The lowest BCUT2D eigenvalue weighted by Gasteiger charge is -2.43. The van der Waals surface area contributed by atoms with Gasteiger partial charge in [0.05, 0.1) is 11.6 Å². The summed E-state index contributed by atoms with van der Waals surface area (Å²) in [4.78, 5) is 0. The Kier molecular flexibility index (Phi) is 4.96. The molecule has 0 bridgehead atoms. The molecule has 1 saturated carbocycles. The molecule has 94 valence electrons. The van der Waals surface area contributed by atoms with Gasteiger partial charge in [-0.2, -0.15) is 0 Å². The van der Waals surface area contributed by atoms with E-state index in [0.717, 1.165) is 18.8 Å². The fourth-order valence-electron chi connectivity index (χ4n) is 2.82. The minimum absolute atomic E-state index is 0.116. The van der Waals surface area contributed by atoms with Crippen molar-refractivity contribution in [1.82, 2.24) is 5.43 Å². The highest BCUT2D eigenvalue weighted by Gasteiger charge is 2.40. The highest BCUT2D eigenvalue weighted by atomic mass is 16.5. The molecule has 0 heterocycles. The molecule has 3 atom stereocenters. The predicted molar refractivity (Wildman–Crippen MR) is 67.9 cm³/mol. The van der Waals surface area contributed by atoms with Gasteiger partial charge in [-0.25, -0.2) is 0 Å². The van der Waals surface area contributed by atoms with Crippen LogP contribution in [0.25, 0.3) is 0 Å². The van der Waals surface area contributed by atoms with E-state index < -0.39 is 0 Å². The van der Waals surface area contributed by atoms with Crippen molar-refractivity contribution in [1.29, 1.82) is 0 Å². The van der Waals surface area contributed by atoms with Gasteiger partial charge in [0.2, 0.25) is 0 Å². The molecule has 3 nitrogen and oxygen atoms in total. The van der Waals surface area contributed by atoms with Crippen molar-refractivity contribution in [2.24, 2.45) is 11.8 Å². The molecule has 0 radical (unpaired) electrons. The molecule has 0 aromatic carbocycles. The molecule has 0 aromatic heterocycles. The van der Waals surface area contributed by atoms with Crippen molar-refractivity contribution >= 4 is 0 Å². The lowest BCUT2D eigenvalue weighted by molar-refractivity contribution is -0.0685. The maximum Gasteiger partial charge on any atom is 0.0882 e. The maximum absolute atomic E-state index is 5.82. The second-order valence-electron chi connectivity index (χ2n) is 5.36. The Hall–Kier alpha value is -0.380. The van der Waals surface area contributed by atoms with Crippen molar-refractivity contribution in [2.75, 3.05) is 7.11 Å². The van der Waals surface area contributed by atoms with Crippen LogP contribution in [0, 0.1) is 5.92 Å². The summed E-state index contributed by atoms with van der Waals surface area (Å²) in [5, 5.41) is 0. The number of hydrazine groups is 1. The van der Waals surface area contributed by atoms with Gasteiger partial charge < -0.3 is 4.74 Å². The average Bonchev–Trinajstić information content (AvgIpc) is 2.25. The maximum atomic E-state index is 5.82. The lowest BCUT2D eigenvalue weighted by atomic mass is 9.74. The second-order valence-corrected chi connectivity index (χ2v) is 5.36. The van der Waals surface area contributed by atoms with Crippen LogP contribution in [0.3, 0.4) is 0 Å². The number of ether oxygens (including phenoxy) is 1. The van der Waals surface area contributed by atoms with E-state index in [2.05, 4.69) is 32.3 Å². The van der Waals surface area contributed by atoms with Crippen LogP contribution in [-0.4, -0.2) is 18.8 Å². The lowest BCUT2D eigenvalue weighted by Crippen LogP contribution is -2.55. The highest BCUT2D eigenvalue weighted by Crippen LogP contribution is 2.37. The predicted octanol–water partition coefficient (Wildman–Crippen LogP) is 2.38. The number of methoxy groups -OCH3 is 1. The van der Waals surface area contributed by atoms with Gasteiger partial charge in [0, 0.05) is 7.11 Å². The quantitative estimate of drug-likeness (QED) is 0.439. The summed E-state index contributed by atoms with van der Waals surface area (Å²) in [6, 6.07) is 0.116. The molecule has 1 fully saturated rings. The van der Waals surface area contributed by atoms with E-state index in [1.54, 1.807) is 7.11 Å². The Morgan fingerprint density at radius 3 is 2.69 bits per heavy atom. The molecule has 3 N–H and O–H groups in total. The number of nitrogens with one attached hydrogen (secondary N) is 1. The van der Waals surface area contributed by atoms with Crippen LogP contribution in [0.5, 0.6) is 0 Å². The first-order valence-corrected chi connectivity index (χ1v) is 6.20. The molecule has 0 saturated heterocycles. The summed E-state index contributed by atoms with van der Waals surface area (Å²) >= 11 is 0. The zero-order chi connectivity index (χ0) is 12.2. The molecule has 3 heteroatoms.